The van der Waals surface area contributed by atoms with Crippen molar-refractivity contribution in [3.63, 3.8) is 0 Å². The third-order valence-corrected chi connectivity index (χ3v) is 8.69. The van der Waals surface area contributed by atoms with Gasteiger partial charge in [-0.1, -0.05) is 90.2 Å². The molecule has 1 aliphatic rings. The number of aromatic amines is 1. The number of nitrogens with one attached hydrogen (secondary N) is 1. The van der Waals surface area contributed by atoms with Crippen LogP contribution in [0.1, 0.15) is 29.7 Å². The highest BCUT2D eigenvalue weighted by Crippen LogP contribution is 2.42. The molecular formula is C35H27N3O4S. The van der Waals surface area contributed by atoms with Crippen LogP contribution in [0.5, 0.6) is 5.75 Å². The molecule has 0 radical (unpaired) electrons. The summed E-state index contributed by atoms with van der Waals surface area (Å²) < 4.78 is 13.7. The fraction of sp³-hybridized carbons (Fsp3) is 0.114. The highest BCUT2D eigenvalue weighted by Gasteiger charge is 2.37. The highest BCUT2D eigenvalue weighted by molar-refractivity contribution is 7.07. The van der Waals surface area contributed by atoms with Crippen LogP contribution in [-0.4, -0.2) is 29.2 Å². The van der Waals surface area contributed by atoms with E-state index in [1.54, 1.807) is 18.6 Å². The third kappa shape index (κ3) is 4.47. The first kappa shape index (κ1) is 26.7. The van der Waals surface area contributed by atoms with Crippen molar-refractivity contribution >= 4 is 50.8 Å². The molecule has 2 aromatic heterocycles. The Kier molecular flexibility index (Phi) is 6.75. The van der Waals surface area contributed by atoms with Crippen LogP contribution in [0.2, 0.25) is 0 Å². The van der Waals surface area contributed by atoms with Crippen LogP contribution in [0.15, 0.2) is 113 Å². The van der Waals surface area contributed by atoms with Gasteiger partial charge < -0.3 is 14.5 Å². The Morgan fingerprint density at radius 3 is 2.51 bits per heavy atom. The summed E-state index contributed by atoms with van der Waals surface area (Å²) in [5.74, 6) is 0.0296. The number of ether oxygens (including phenoxy) is 2. The molecular weight excluding hydrogens is 558 g/mol. The van der Waals surface area contributed by atoms with E-state index >= 15 is 0 Å². The second kappa shape index (κ2) is 10.9. The summed E-state index contributed by atoms with van der Waals surface area (Å²) in [6.45, 7) is 1.94. The number of carbonyl (C=O) groups is 1. The monoisotopic (exact) mass is 585 g/mol. The van der Waals surface area contributed by atoms with Crippen molar-refractivity contribution in [3.8, 4) is 5.75 Å². The van der Waals surface area contributed by atoms with Gasteiger partial charge in [-0.3, -0.25) is 9.36 Å². The summed E-state index contributed by atoms with van der Waals surface area (Å²) >= 11 is 1.30. The number of fused-ring (bicyclic) bond motifs is 3. The Hall–Kier alpha value is -5.21. The quantitative estimate of drug-likeness (QED) is 0.259. The Labute approximate surface area is 250 Å². The molecule has 0 saturated carbocycles. The fourth-order valence-corrected chi connectivity index (χ4v) is 6.80. The molecule has 212 valence electrons. The SMILES string of the molecule is CCOC(=O)C1=C(c2ccccc2)N=c2s/c(=C/c3c[nH]c4ccccc34)c(=O)n2C1c1c(OC)ccc2ccccc12. The molecule has 4 aromatic carbocycles. The van der Waals surface area contributed by atoms with E-state index in [9.17, 15) is 9.59 Å². The highest BCUT2D eigenvalue weighted by atomic mass is 32.1. The topological polar surface area (TPSA) is 85.7 Å². The average Bonchev–Trinajstić information content (AvgIpc) is 3.60. The molecule has 0 fully saturated rings. The molecule has 1 N–H and O–H groups in total. The maximum Gasteiger partial charge on any atom is 0.338 e. The lowest BCUT2D eigenvalue weighted by atomic mass is 9.89. The van der Waals surface area contributed by atoms with E-state index in [1.165, 1.54) is 11.3 Å². The van der Waals surface area contributed by atoms with Gasteiger partial charge in [0, 0.05) is 33.8 Å². The molecule has 43 heavy (non-hydrogen) atoms. The van der Waals surface area contributed by atoms with Crippen molar-refractivity contribution in [2.75, 3.05) is 13.7 Å². The van der Waals surface area contributed by atoms with Gasteiger partial charge in [0.05, 0.1) is 29.5 Å². The lowest BCUT2D eigenvalue weighted by Crippen LogP contribution is -2.40. The van der Waals surface area contributed by atoms with Crippen molar-refractivity contribution < 1.29 is 14.3 Å². The first-order valence-electron chi connectivity index (χ1n) is 14.0. The van der Waals surface area contributed by atoms with Gasteiger partial charge >= 0.3 is 5.97 Å². The van der Waals surface area contributed by atoms with Crippen LogP contribution in [0.4, 0.5) is 0 Å². The molecule has 1 unspecified atom stereocenters. The Morgan fingerprint density at radius 2 is 1.72 bits per heavy atom. The Morgan fingerprint density at radius 1 is 0.977 bits per heavy atom. The number of carbonyl (C=O) groups excluding carboxylic acids is 1. The smallest absolute Gasteiger partial charge is 0.338 e. The summed E-state index contributed by atoms with van der Waals surface area (Å²) in [5.41, 5.74) is 3.84. The van der Waals surface area contributed by atoms with E-state index in [2.05, 4.69) is 4.98 Å². The van der Waals surface area contributed by atoms with Gasteiger partial charge in [-0.2, -0.15) is 0 Å². The third-order valence-electron chi connectivity index (χ3n) is 7.71. The zero-order chi connectivity index (χ0) is 29.5. The van der Waals surface area contributed by atoms with E-state index in [-0.39, 0.29) is 17.7 Å². The van der Waals surface area contributed by atoms with Gasteiger partial charge in [-0.05, 0) is 35.9 Å². The van der Waals surface area contributed by atoms with Crippen LogP contribution < -0.4 is 19.6 Å². The molecule has 1 atom stereocenters. The second-order valence-corrected chi connectivity index (χ2v) is 11.1. The number of para-hydroxylation sites is 1. The molecule has 8 heteroatoms. The van der Waals surface area contributed by atoms with Gasteiger partial charge in [-0.15, -0.1) is 0 Å². The van der Waals surface area contributed by atoms with Gasteiger partial charge in [0.25, 0.3) is 5.56 Å². The second-order valence-electron chi connectivity index (χ2n) is 10.1. The number of esters is 1. The number of aromatic nitrogens is 2. The zero-order valence-corrected chi connectivity index (χ0v) is 24.4. The number of hydrogen-bond donors (Lipinski definition) is 1. The van der Waals surface area contributed by atoms with Crippen LogP contribution in [0.3, 0.4) is 0 Å². The number of nitrogens with zero attached hydrogens (tertiary/aromatic N) is 2. The van der Waals surface area contributed by atoms with Crippen LogP contribution in [0.25, 0.3) is 33.4 Å². The summed E-state index contributed by atoms with van der Waals surface area (Å²) in [5, 5.41) is 2.84. The van der Waals surface area contributed by atoms with Crippen LogP contribution in [-0.2, 0) is 9.53 Å². The number of thiazole rings is 1. The van der Waals surface area contributed by atoms with Crippen molar-refractivity contribution in [3.05, 3.63) is 139 Å². The van der Waals surface area contributed by atoms with Gasteiger partial charge in [0.1, 0.15) is 11.8 Å². The summed E-state index contributed by atoms with van der Waals surface area (Å²) in [4.78, 5) is 37.1. The normalized spacial score (nSPS) is 15.0. The van der Waals surface area contributed by atoms with Crippen LogP contribution in [0, 0.1) is 0 Å². The number of H-pyrrole nitrogens is 1. The molecule has 0 aliphatic carbocycles. The minimum Gasteiger partial charge on any atom is -0.496 e. The number of hydrogen-bond acceptors (Lipinski definition) is 6. The van der Waals surface area contributed by atoms with Gasteiger partial charge in [0.15, 0.2) is 4.80 Å². The molecule has 1 aliphatic heterocycles. The molecule has 0 saturated heterocycles. The first-order valence-corrected chi connectivity index (χ1v) is 14.8. The largest absolute Gasteiger partial charge is 0.496 e. The van der Waals surface area contributed by atoms with Crippen molar-refractivity contribution in [2.24, 2.45) is 4.99 Å². The lowest BCUT2D eigenvalue weighted by molar-refractivity contribution is -0.138. The Bertz CT molecular complexity index is 2240. The molecule has 7 nitrogen and oxygen atoms in total. The Balaban J connectivity index is 1.60. The summed E-state index contributed by atoms with van der Waals surface area (Å²) in [6, 6.07) is 28.4. The lowest BCUT2D eigenvalue weighted by Gasteiger charge is -2.28. The van der Waals surface area contributed by atoms with Crippen molar-refractivity contribution in [1.82, 2.24) is 9.55 Å². The molecule has 0 amide bonds. The predicted octanol–water partition coefficient (Wildman–Crippen LogP) is 5.58. The van der Waals surface area contributed by atoms with Crippen molar-refractivity contribution in [2.45, 2.75) is 13.0 Å². The summed E-state index contributed by atoms with van der Waals surface area (Å²) in [6.07, 6.45) is 3.78. The standard InChI is InChI=1S/C35H27N3O4S/c1-3-42-34(40)30-31(22-12-5-4-6-13-22)37-35-38(32(30)29-25-15-8-7-11-21(25)17-18-27(29)41-2)33(39)28(43-35)19-23-20-36-26-16-10-9-14-24(23)26/h4-20,32,36H,3H2,1-2H3/b28-19+. The fourth-order valence-electron chi connectivity index (χ4n) is 5.80. The van der Waals surface area contributed by atoms with E-state index in [0.29, 0.717) is 26.3 Å². The maximum absolute atomic E-state index is 14.4. The number of methoxy groups -OCH3 is 1. The van der Waals surface area contributed by atoms with E-state index < -0.39 is 12.0 Å². The number of rotatable bonds is 6. The molecule has 7 rings (SSSR count). The van der Waals surface area contributed by atoms with Gasteiger partial charge in [-0.25, -0.2) is 9.79 Å². The van der Waals surface area contributed by atoms with E-state index in [1.807, 2.05) is 103 Å². The van der Waals surface area contributed by atoms with E-state index in [0.717, 1.165) is 32.8 Å². The zero-order valence-electron chi connectivity index (χ0n) is 23.5. The minimum atomic E-state index is -0.850. The molecule has 3 heterocycles. The molecule has 6 aromatic rings. The van der Waals surface area contributed by atoms with Crippen molar-refractivity contribution in [1.29, 1.82) is 0 Å². The summed E-state index contributed by atoms with van der Waals surface area (Å²) in [7, 11) is 1.60. The average molecular weight is 586 g/mol. The number of benzene rings is 4. The predicted molar refractivity (Wildman–Crippen MR) is 170 cm³/mol. The first-order chi connectivity index (χ1) is 21.1. The van der Waals surface area contributed by atoms with E-state index in [4.69, 9.17) is 14.5 Å². The van der Waals surface area contributed by atoms with Gasteiger partial charge in [0.2, 0.25) is 0 Å². The molecule has 0 spiro atoms. The van der Waals surface area contributed by atoms with Crippen LogP contribution >= 0.6 is 11.3 Å². The minimum absolute atomic E-state index is 0.175. The molecule has 0 bridgehead atoms. The maximum atomic E-state index is 14.4.